The average molecular weight is 341 g/mol. The molecule has 1 saturated heterocycles. The summed E-state index contributed by atoms with van der Waals surface area (Å²) in [5.41, 5.74) is 1.66. The summed E-state index contributed by atoms with van der Waals surface area (Å²) >= 11 is 0. The van der Waals surface area contributed by atoms with Crippen LogP contribution in [0.3, 0.4) is 0 Å². The van der Waals surface area contributed by atoms with Gasteiger partial charge in [-0.3, -0.25) is 9.59 Å². The van der Waals surface area contributed by atoms with Crippen molar-refractivity contribution < 1.29 is 14.3 Å². The molecular formula is C19H23N3O3. The fourth-order valence-electron chi connectivity index (χ4n) is 3.03. The number of aryl methyl sites for hydroxylation is 1. The molecule has 1 aromatic heterocycles. The monoisotopic (exact) mass is 341 g/mol. The number of nitrogens with zero attached hydrogens (tertiary/aromatic N) is 3. The average Bonchev–Trinajstić information content (AvgIpc) is 3.06. The zero-order chi connectivity index (χ0) is 17.8. The molecule has 25 heavy (non-hydrogen) atoms. The van der Waals surface area contributed by atoms with Gasteiger partial charge in [-0.1, -0.05) is 0 Å². The molecule has 0 radical (unpaired) electrons. The standard InChI is InChI=1S/C19H23N3O3/c1-20-8-7-15(14-20)13-18(23)21-9-11-22(12-10-21)19(24)16-3-5-17(25-2)6-4-16/h3-8,14H,9-13H2,1-2H3. The van der Waals surface area contributed by atoms with Crippen LogP contribution in [0.25, 0.3) is 0 Å². The fraction of sp³-hybridized carbons (Fsp3) is 0.368. The summed E-state index contributed by atoms with van der Waals surface area (Å²) < 4.78 is 7.05. The van der Waals surface area contributed by atoms with Gasteiger partial charge in [-0.15, -0.1) is 0 Å². The third-order valence-corrected chi connectivity index (χ3v) is 4.51. The van der Waals surface area contributed by atoms with E-state index in [1.807, 2.05) is 35.0 Å². The molecule has 0 spiro atoms. The van der Waals surface area contributed by atoms with Crippen molar-refractivity contribution in [2.45, 2.75) is 6.42 Å². The molecule has 1 aliphatic rings. The molecule has 0 atom stereocenters. The first-order valence-electron chi connectivity index (χ1n) is 8.39. The number of rotatable bonds is 4. The third kappa shape index (κ3) is 4.02. The SMILES string of the molecule is COc1ccc(C(=O)N2CCN(C(=O)Cc3ccn(C)c3)CC2)cc1. The second-order valence-electron chi connectivity index (χ2n) is 6.26. The lowest BCUT2D eigenvalue weighted by Crippen LogP contribution is -2.51. The Bertz CT molecular complexity index is 744. The van der Waals surface area contributed by atoms with E-state index in [1.54, 1.807) is 36.3 Å². The van der Waals surface area contributed by atoms with Gasteiger partial charge in [0.2, 0.25) is 5.91 Å². The Morgan fingerprint density at radius 1 is 1.00 bits per heavy atom. The van der Waals surface area contributed by atoms with Crippen LogP contribution in [-0.2, 0) is 18.3 Å². The molecule has 6 heteroatoms. The van der Waals surface area contributed by atoms with E-state index in [1.165, 1.54) is 0 Å². The summed E-state index contributed by atoms with van der Waals surface area (Å²) in [6.45, 7) is 2.28. The Balaban J connectivity index is 1.53. The van der Waals surface area contributed by atoms with Crippen molar-refractivity contribution in [3.05, 3.63) is 53.9 Å². The maximum atomic E-state index is 12.5. The second kappa shape index (κ2) is 7.42. The molecule has 2 amide bonds. The topological polar surface area (TPSA) is 54.8 Å². The number of carbonyl (C=O) groups is 2. The fourth-order valence-corrected chi connectivity index (χ4v) is 3.03. The summed E-state index contributed by atoms with van der Waals surface area (Å²) in [6.07, 6.45) is 4.31. The molecule has 0 unspecified atom stereocenters. The number of carbonyl (C=O) groups excluding carboxylic acids is 2. The quantitative estimate of drug-likeness (QED) is 0.848. The highest BCUT2D eigenvalue weighted by Crippen LogP contribution is 2.15. The number of piperazine rings is 1. The number of amides is 2. The first-order chi connectivity index (χ1) is 12.1. The molecule has 6 nitrogen and oxygen atoms in total. The van der Waals surface area contributed by atoms with E-state index < -0.39 is 0 Å². The van der Waals surface area contributed by atoms with Crippen molar-refractivity contribution in [2.24, 2.45) is 7.05 Å². The van der Waals surface area contributed by atoms with E-state index in [9.17, 15) is 9.59 Å². The molecule has 2 aromatic rings. The Hall–Kier alpha value is -2.76. The maximum absolute atomic E-state index is 12.5. The molecule has 1 aromatic carbocycles. The van der Waals surface area contributed by atoms with Crippen LogP contribution in [0.5, 0.6) is 5.75 Å². The van der Waals surface area contributed by atoms with Gasteiger partial charge < -0.3 is 19.1 Å². The molecule has 2 heterocycles. The first-order valence-corrected chi connectivity index (χ1v) is 8.39. The van der Waals surface area contributed by atoms with Crippen LogP contribution in [0.4, 0.5) is 0 Å². The summed E-state index contributed by atoms with van der Waals surface area (Å²) in [5, 5.41) is 0. The zero-order valence-electron chi connectivity index (χ0n) is 14.6. The van der Waals surface area contributed by atoms with Crippen molar-refractivity contribution >= 4 is 11.8 Å². The van der Waals surface area contributed by atoms with Gasteiger partial charge in [0.25, 0.3) is 5.91 Å². The van der Waals surface area contributed by atoms with Crippen molar-refractivity contribution in [1.82, 2.24) is 14.4 Å². The minimum Gasteiger partial charge on any atom is -0.497 e. The van der Waals surface area contributed by atoms with Crippen LogP contribution in [-0.4, -0.2) is 59.5 Å². The highest BCUT2D eigenvalue weighted by atomic mass is 16.5. The lowest BCUT2D eigenvalue weighted by Gasteiger charge is -2.35. The van der Waals surface area contributed by atoms with E-state index >= 15 is 0 Å². The van der Waals surface area contributed by atoms with E-state index in [0.29, 0.717) is 38.2 Å². The minimum atomic E-state index is -0.00203. The molecule has 0 aliphatic carbocycles. The molecule has 132 valence electrons. The molecule has 1 fully saturated rings. The summed E-state index contributed by atoms with van der Waals surface area (Å²) in [5.74, 6) is 0.841. The first kappa shape index (κ1) is 17.1. The summed E-state index contributed by atoms with van der Waals surface area (Å²) in [4.78, 5) is 28.6. The van der Waals surface area contributed by atoms with Crippen LogP contribution in [0.1, 0.15) is 15.9 Å². The van der Waals surface area contributed by atoms with Crippen LogP contribution >= 0.6 is 0 Å². The van der Waals surface area contributed by atoms with Crippen LogP contribution in [0.15, 0.2) is 42.7 Å². The van der Waals surface area contributed by atoms with Crippen LogP contribution in [0, 0.1) is 0 Å². The maximum Gasteiger partial charge on any atom is 0.253 e. The highest BCUT2D eigenvalue weighted by molar-refractivity contribution is 5.94. The Labute approximate surface area is 147 Å². The second-order valence-corrected chi connectivity index (χ2v) is 6.26. The van der Waals surface area contributed by atoms with Crippen molar-refractivity contribution in [3.63, 3.8) is 0 Å². The lowest BCUT2D eigenvalue weighted by molar-refractivity contribution is -0.131. The van der Waals surface area contributed by atoms with E-state index in [4.69, 9.17) is 4.74 Å². The van der Waals surface area contributed by atoms with Gasteiger partial charge in [-0.2, -0.15) is 0 Å². The normalized spacial score (nSPS) is 14.5. The van der Waals surface area contributed by atoms with E-state index in [-0.39, 0.29) is 11.8 Å². The Morgan fingerprint density at radius 2 is 1.64 bits per heavy atom. The van der Waals surface area contributed by atoms with Crippen molar-refractivity contribution in [3.8, 4) is 5.75 Å². The number of hydrogen-bond donors (Lipinski definition) is 0. The minimum absolute atomic E-state index is 0.00203. The van der Waals surface area contributed by atoms with Crippen LogP contribution in [0.2, 0.25) is 0 Å². The number of ether oxygens (including phenoxy) is 1. The van der Waals surface area contributed by atoms with Gasteiger partial charge in [0.1, 0.15) is 5.75 Å². The van der Waals surface area contributed by atoms with Gasteiger partial charge in [0, 0.05) is 51.2 Å². The summed E-state index contributed by atoms with van der Waals surface area (Å²) in [6, 6.07) is 9.07. The molecule has 3 rings (SSSR count). The Kier molecular flexibility index (Phi) is 5.07. The molecule has 0 bridgehead atoms. The third-order valence-electron chi connectivity index (χ3n) is 4.51. The predicted octanol–water partition coefficient (Wildman–Crippen LogP) is 1.56. The van der Waals surface area contributed by atoms with Gasteiger partial charge in [-0.25, -0.2) is 0 Å². The van der Waals surface area contributed by atoms with E-state index in [0.717, 1.165) is 11.3 Å². The number of benzene rings is 1. The smallest absolute Gasteiger partial charge is 0.253 e. The van der Waals surface area contributed by atoms with Crippen molar-refractivity contribution in [2.75, 3.05) is 33.3 Å². The van der Waals surface area contributed by atoms with Gasteiger partial charge in [-0.05, 0) is 35.9 Å². The predicted molar refractivity (Wildman–Crippen MR) is 94.6 cm³/mol. The van der Waals surface area contributed by atoms with E-state index in [2.05, 4.69) is 0 Å². The van der Waals surface area contributed by atoms with Crippen molar-refractivity contribution in [1.29, 1.82) is 0 Å². The number of aromatic nitrogens is 1. The Morgan fingerprint density at radius 3 is 2.20 bits per heavy atom. The molecule has 0 N–H and O–H groups in total. The number of hydrogen-bond acceptors (Lipinski definition) is 3. The molecular weight excluding hydrogens is 318 g/mol. The summed E-state index contributed by atoms with van der Waals surface area (Å²) in [7, 11) is 3.54. The van der Waals surface area contributed by atoms with Gasteiger partial charge in [0.15, 0.2) is 0 Å². The molecule has 0 saturated carbocycles. The largest absolute Gasteiger partial charge is 0.497 e. The molecule has 1 aliphatic heterocycles. The van der Waals surface area contributed by atoms with Gasteiger partial charge >= 0.3 is 0 Å². The lowest BCUT2D eigenvalue weighted by atomic mass is 10.1. The van der Waals surface area contributed by atoms with Crippen LogP contribution < -0.4 is 4.74 Å². The number of methoxy groups -OCH3 is 1. The van der Waals surface area contributed by atoms with Gasteiger partial charge in [0.05, 0.1) is 13.5 Å². The highest BCUT2D eigenvalue weighted by Gasteiger charge is 2.24. The zero-order valence-corrected chi connectivity index (χ0v) is 14.6.